The standard InChI is InChI=1S/C13H12N4O2S/c1-13(2,12-15-5-6-20-12)16-11-4-3-10(17(18)19)7-9(11)8-14/h3-7,16H,1-2H3. The van der Waals surface area contributed by atoms with Crippen molar-refractivity contribution in [2.45, 2.75) is 19.4 Å². The van der Waals surface area contributed by atoms with Crippen LogP contribution in [0.1, 0.15) is 24.4 Å². The highest BCUT2D eigenvalue weighted by Crippen LogP contribution is 2.30. The van der Waals surface area contributed by atoms with E-state index in [2.05, 4.69) is 10.3 Å². The minimum Gasteiger partial charge on any atom is -0.373 e. The molecule has 2 aromatic rings. The van der Waals surface area contributed by atoms with Gasteiger partial charge in [0.2, 0.25) is 0 Å². The lowest BCUT2D eigenvalue weighted by Gasteiger charge is -2.25. The van der Waals surface area contributed by atoms with Crippen LogP contribution in [0.5, 0.6) is 0 Å². The van der Waals surface area contributed by atoms with Crippen molar-refractivity contribution < 1.29 is 4.92 Å². The largest absolute Gasteiger partial charge is 0.373 e. The van der Waals surface area contributed by atoms with Crippen LogP contribution in [-0.2, 0) is 5.54 Å². The third kappa shape index (κ3) is 2.75. The van der Waals surface area contributed by atoms with Gasteiger partial charge in [0.15, 0.2) is 0 Å². The Kier molecular flexibility index (Phi) is 3.68. The molecule has 0 unspecified atom stereocenters. The molecule has 1 heterocycles. The van der Waals surface area contributed by atoms with Gasteiger partial charge in [0.05, 0.1) is 21.7 Å². The van der Waals surface area contributed by atoms with Crippen LogP contribution in [0.3, 0.4) is 0 Å². The Labute approximate surface area is 119 Å². The van der Waals surface area contributed by atoms with Crippen LogP contribution in [0.15, 0.2) is 29.8 Å². The van der Waals surface area contributed by atoms with Crippen molar-refractivity contribution in [2.24, 2.45) is 0 Å². The Morgan fingerprint density at radius 3 is 2.80 bits per heavy atom. The summed E-state index contributed by atoms with van der Waals surface area (Å²) < 4.78 is 0. The number of nitro benzene ring substituents is 1. The number of thiazole rings is 1. The first-order valence-electron chi connectivity index (χ1n) is 5.81. The van der Waals surface area contributed by atoms with Crippen molar-refractivity contribution in [2.75, 3.05) is 5.32 Å². The summed E-state index contributed by atoms with van der Waals surface area (Å²) in [7, 11) is 0. The summed E-state index contributed by atoms with van der Waals surface area (Å²) in [5, 5.41) is 25.8. The molecule has 1 N–H and O–H groups in total. The Balaban J connectivity index is 2.35. The van der Waals surface area contributed by atoms with Crippen molar-refractivity contribution in [1.29, 1.82) is 5.26 Å². The number of nitrogens with zero attached hydrogens (tertiary/aromatic N) is 3. The van der Waals surface area contributed by atoms with E-state index in [0.29, 0.717) is 5.69 Å². The van der Waals surface area contributed by atoms with E-state index in [1.54, 1.807) is 12.3 Å². The number of non-ortho nitro benzene ring substituents is 1. The topological polar surface area (TPSA) is 91.9 Å². The summed E-state index contributed by atoms with van der Waals surface area (Å²) >= 11 is 1.51. The molecule has 6 nitrogen and oxygen atoms in total. The number of rotatable bonds is 4. The van der Waals surface area contributed by atoms with Gasteiger partial charge < -0.3 is 5.32 Å². The molecule has 0 aliphatic rings. The summed E-state index contributed by atoms with van der Waals surface area (Å²) in [5.74, 6) is 0. The lowest BCUT2D eigenvalue weighted by molar-refractivity contribution is -0.384. The second kappa shape index (κ2) is 5.27. The van der Waals surface area contributed by atoms with Crippen LogP contribution >= 0.6 is 11.3 Å². The molecule has 0 saturated carbocycles. The maximum absolute atomic E-state index is 10.7. The van der Waals surface area contributed by atoms with Crippen LogP contribution in [0, 0.1) is 21.4 Å². The zero-order valence-corrected chi connectivity index (χ0v) is 11.8. The number of nitro groups is 1. The van der Waals surface area contributed by atoms with Gasteiger partial charge in [-0.05, 0) is 19.9 Å². The van der Waals surface area contributed by atoms with Crippen molar-refractivity contribution >= 4 is 22.7 Å². The van der Waals surface area contributed by atoms with E-state index in [1.807, 2.05) is 25.3 Å². The molecule has 0 spiro atoms. The average molecular weight is 288 g/mol. The Bertz CT molecular complexity index is 674. The van der Waals surface area contributed by atoms with E-state index < -0.39 is 10.5 Å². The predicted molar refractivity (Wildman–Crippen MR) is 76.6 cm³/mol. The first-order chi connectivity index (χ1) is 9.44. The van der Waals surface area contributed by atoms with E-state index in [9.17, 15) is 10.1 Å². The van der Waals surface area contributed by atoms with E-state index in [0.717, 1.165) is 5.01 Å². The molecule has 0 bridgehead atoms. The molecule has 0 saturated heterocycles. The number of hydrogen-bond acceptors (Lipinski definition) is 6. The number of nitriles is 1. The van der Waals surface area contributed by atoms with Gasteiger partial charge in [-0.25, -0.2) is 4.98 Å². The third-order valence-corrected chi connectivity index (χ3v) is 3.85. The van der Waals surface area contributed by atoms with E-state index in [-0.39, 0.29) is 11.3 Å². The highest BCUT2D eigenvalue weighted by Gasteiger charge is 2.24. The summed E-state index contributed by atoms with van der Waals surface area (Å²) in [6.07, 6.45) is 1.71. The maximum Gasteiger partial charge on any atom is 0.270 e. The summed E-state index contributed by atoms with van der Waals surface area (Å²) in [4.78, 5) is 14.5. The molecule has 0 atom stereocenters. The fourth-order valence-electron chi connectivity index (χ4n) is 1.77. The zero-order chi connectivity index (χ0) is 14.8. The van der Waals surface area contributed by atoms with Crippen molar-refractivity contribution in [3.05, 3.63) is 50.5 Å². The average Bonchev–Trinajstić information content (AvgIpc) is 2.93. The van der Waals surface area contributed by atoms with E-state index >= 15 is 0 Å². The summed E-state index contributed by atoms with van der Waals surface area (Å²) in [6.45, 7) is 3.88. The van der Waals surface area contributed by atoms with Gasteiger partial charge in [-0.1, -0.05) is 0 Å². The van der Waals surface area contributed by atoms with Crippen LogP contribution in [0.4, 0.5) is 11.4 Å². The number of nitrogens with one attached hydrogen (secondary N) is 1. The smallest absolute Gasteiger partial charge is 0.270 e. The molecule has 0 radical (unpaired) electrons. The monoisotopic (exact) mass is 288 g/mol. The van der Waals surface area contributed by atoms with Gasteiger partial charge in [-0.3, -0.25) is 10.1 Å². The predicted octanol–water partition coefficient (Wildman–Crippen LogP) is 3.27. The third-order valence-electron chi connectivity index (χ3n) is 2.75. The first-order valence-corrected chi connectivity index (χ1v) is 6.69. The van der Waals surface area contributed by atoms with Crippen LogP contribution < -0.4 is 5.32 Å². The second-order valence-corrected chi connectivity index (χ2v) is 5.58. The van der Waals surface area contributed by atoms with Gasteiger partial charge in [0.25, 0.3) is 5.69 Å². The molecular formula is C13H12N4O2S. The molecule has 0 aliphatic carbocycles. The maximum atomic E-state index is 10.7. The summed E-state index contributed by atoms with van der Waals surface area (Å²) in [5.41, 5.74) is 0.233. The minimum atomic E-state index is -0.517. The van der Waals surface area contributed by atoms with Crippen LogP contribution in [-0.4, -0.2) is 9.91 Å². The van der Waals surface area contributed by atoms with Gasteiger partial charge in [-0.15, -0.1) is 11.3 Å². The fourth-order valence-corrected chi connectivity index (χ4v) is 2.49. The van der Waals surface area contributed by atoms with Crippen molar-refractivity contribution in [3.8, 4) is 6.07 Å². The normalized spacial score (nSPS) is 10.8. The number of benzene rings is 1. The molecule has 102 valence electrons. The molecule has 2 rings (SSSR count). The van der Waals surface area contributed by atoms with Crippen LogP contribution in [0.25, 0.3) is 0 Å². The molecule has 1 aromatic heterocycles. The molecule has 20 heavy (non-hydrogen) atoms. The quantitative estimate of drug-likeness (QED) is 0.688. The van der Waals surface area contributed by atoms with E-state index in [1.165, 1.54) is 23.5 Å². The Morgan fingerprint density at radius 1 is 1.50 bits per heavy atom. The van der Waals surface area contributed by atoms with Crippen molar-refractivity contribution in [1.82, 2.24) is 4.98 Å². The van der Waals surface area contributed by atoms with Gasteiger partial charge in [0.1, 0.15) is 11.1 Å². The number of hydrogen-bond donors (Lipinski definition) is 1. The fraction of sp³-hybridized carbons (Fsp3) is 0.231. The molecule has 7 heteroatoms. The number of aromatic nitrogens is 1. The van der Waals surface area contributed by atoms with Gasteiger partial charge >= 0.3 is 0 Å². The molecule has 0 aliphatic heterocycles. The highest BCUT2D eigenvalue weighted by molar-refractivity contribution is 7.09. The highest BCUT2D eigenvalue weighted by atomic mass is 32.1. The summed E-state index contributed by atoms with van der Waals surface area (Å²) in [6, 6.07) is 6.16. The zero-order valence-electron chi connectivity index (χ0n) is 11.0. The number of anilines is 1. The first kappa shape index (κ1) is 14.0. The SMILES string of the molecule is CC(C)(Nc1ccc([N+](=O)[O-])cc1C#N)c1nccs1. The molecule has 0 fully saturated rings. The van der Waals surface area contributed by atoms with Gasteiger partial charge in [-0.2, -0.15) is 5.26 Å². The molecular weight excluding hydrogens is 276 g/mol. The van der Waals surface area contributed by atoms with Crippen LogP contribution in [0.2, 0.25) is 0 Å². The van der Waals surface area contributed by atoms with Crippen molar-refractivity contribution in [3.63, 3.8) is 0 Å². The lowest BCUT2D eigenvalue weighted by atomic mass is 10.0. The Morgan fingerprint density at radius 2 is 2.25 bits per heavy atom. The second-order valence-electron chi connectivity index (χ2n) is 4.69. The molecule has 0 amide bonds. The minimum absolute atomic E-state index is 0.0980. The molecule has 1 aromatic carbocycles. The lowest BCUT2D eigenvalue weighted by Crippen LogP contribution is -2.28. The van der Waals surface area contributed by atoms with E-state index in [4.69, 9.17) is 5.26 Å². The van der Waals surface area contributed by atoms with Gasteiger partial charge in [0, 0.05) is 23.7 Å². The Hall–Kier alpha value is -2.46.